The van der Waals surface area contributed by atoms with Crippen molar-refractivity contribution in [2.45, 2.75) is 12.6 Å². The highest BCUT2D eigenvalue weighted by Gasteiger charge is 2.31. The van der Waals surface area contributed by atoms with Gasteiger partial charge in [-0.15, -0.1) is 0 Å². The Balaban J connectivity index is 1.86. The van der Waals surface area contributed by atoms with E-state index in [9.17, 15) is 27.6 Å². The number of anilines is 1. The number of ether oxygens (including phenoxy) is 3. The number of esters is 1. The van der Waals surface area contributed by atoms with Gasteiger partial charge in [0, 0.05) is 13.7 Å². The van der Waals surface area contributed by atoms with E-state index in [0.717, 1.165) is 12.1 Å². The fourth-order valence-electron chi connectivity index (χ4n) is 2.34. The van der Waals surface area contributed by atoms with Gasteiger partial charge in [0.1, 0.15) is 12.4 Å². The number of amides is 2. The second kappa shape index (κ2) is 11.7. The first-order valence-electron chi connectivity index (χ1n) is 9.31. The van der Waals surface area contributed by atoms with Gasteiger partial charge < -0.3 is 29.3 Å². The predicted molar refractivity (Wildman–Crippen MR) is 104 cm³/mol. The number of benzene rings is 1. The van der Waals surface area contributed by atoms with Gasteiger partial charge >= 0.3 is 12.1 Å². The fourth-order valence-corrected chi connectivity index (χ4v) is 2.34. The lowest BCUT2D eigenvalue weighted by molar-refractivity contribution is -0.147. The SMILES string of the molecule is COCCOc1ccc(C(F)(F)F)cc1NC(=O)COC(=O)CCNC(=O)c1ccco1. The highest BCUT2D eigenvalue weighted by Crippen LogP contribution is 2.35. The summed E-state index contributed by atoms with van der Waals surface area (Å²) in [6.45, 7) is -0.574. The van der Waals surface area contributed by atoms with Crippen LogP contribution in [0.5, 0.6) is 5.75 Å². The fraction of sp³-hybridized carbons (Fsp3) is 0.350. The van der Waals surface area contributed by atoms with Crippen molar-refractivity contribution >= 4 is 23.5 Å². The zero-order valence-electron chi connectivity index (χ0n) is 17.0. The molecule has 32 heavy (non-hydrogen) atoms. The van der Waals surface area contributed by atoms with Crippen LogP contribution in [0, 0.1) is 0 Å². The molecule has 0 unspecified atom stereocenters. The number of rotatable bonds is 11. The average molecular weight is 458 g/mol. The number of furan rings is 1. The smallest absolute Gasteiger partial charge is 0.416 e. The quantitative estimate of drug-likeness (QED) is 0.393. The maximum Gasteiger partial charge on any atom is 0.416 e. The number of hydrogen-bond acceptors (Lipinski definition) is 7. The van der Waals surface area contributed by atoms with Crippen molar-refractivity contribution in [3.63, 3.8) is 0 Å². The zero-order chi connectivity index (χ0) is 23.6. The molecule has 0 spiro atoms. The van der Waals surface area contributed by atoms with Gasteiger partial charge in [0.05, 0.1) is 30.5 Å². The third-order valence-electron chi connectivity index (χ3n) is 3.85. The van der Waals surface area contributed by atoms with E-state index >= 15 is 0 Å². The van der Waals surface area contributed by atoms with Crippen LogP contribution in [0.25, 0.3) is 0 Å². The molecule has 2 N–H and O–H groups in total. The van der Waals surface area contributed by atoms with E-state index in [0.29, 0.717) is 6.07 Å². The van der Waals surface area contributed by atoms with E-state index in [1.165, 1.54) is 25.5 Å². The molecule has 0 atom stereocenters. The summed E-state index contributed by atoms with van der Waals surface area (Å²) in [4.78, 5) is 35.5. The molecule has 0 saturated heterocycles. The van der Waals surface area contributed by atoms with Crippen molar-refractivity contribution in [3.05, 3.63) is 47.9 Å². The molecule has 1 aromatic carbocycles. The summed E-state index contributed by atoms with van der Waals surface area (Å²) in [6, 6.07) is 5.57. The molecule has 2 rings (SSSR count). The molecule has 1 heterocycles. The Labute approximate surface area is 180 Å². The highest BCUT2D eigenvalue weighted by atomic mass is 19.4. The van der Waals surface area contributed by atoms with Crippen molar-refractivity contribution < 1.29 is 46.2 Å². The van der Waals surface area contributed by atoms with E-state index in [1.54, 1.807) is 0 Å². The van der Waals surface area contributed by atoms with Crippen LogP contribution < -0.4 is 15.4 Å². The van der Waals surface area contributed by atoms with E-state index in [4.69, 9.17) is 18.6 Å². The number of nitrogens with one attached hydrogen (secondary N) is 2. The van der Waals surface area contributed by atoms with Crippen molar-refractivity contribution in [2.24, 2.45) is 0 Å². The number of halogens is 3. The first-order valence-corrected chi connectivity index (χ1v) is 9.31. The molecule has 0 bridgehead atoms. The number of carbonyl (C=O) groups excluding carboxylic acids is 3. The molecular weight excluding hydrogens is 437 g/mol. The Bertz CT molecular complexity index is 914. The van der Waals surface area contributed by atoms with E-state index in [2.05, 4.69) is 10.6 Å². The minimum atomic E-state index is -4.63. The van der Waals surface area contributed by atoms with Crippen LogP contribution in [-0.4, -0.2) is 51.3 Å². The minimum absolute atomic E-state index is 0.00429. The summed E-state index contributed by atoms with van der Waals surface area (Å²) in [5.41, 5.74) is -1.22. The number of alkyl halides is 3. The summed E-state index contributed by atoms with van der Waals surface area (Å²) in [5, 5.41) is 4.66. The summed E-state index contributed by atoms with van der Waals surface area (Å²) in [6.07, 6.45) is -3.54. The van der Waals surface area contributed by atoms with Crippen molar-refractivity contribution in [1.82, 2.24) is 5.32 Å². The van der Waals surface area contributed by atoms with Crippen molar-refractivity contribution in [3.8, 4) is 5.75 Å². The average Bonchev–Trinajstić information content (AvgIpc) is 3.27. The molecule has 0 radical (unpaired) electrons. The molecule has 0 aliphatic heterocycles. The standard InChI is InChI=1S/C20H21F3N2O7/c1-29-9-10-31-15-5-4-13(20(21,22)23)11-14(15)25-17(26)12-32-18(27)6-7-24-19(28)16-3-2-8-30-16/h2-5,8,11H,6-7,9-10,12H2,1H3,(H,24,28)(H,25,26). The van der Waals surface area contributed by atoms with Gasteiger partial charge in [0.25, 0.3) is 11.8 Å². The molecule has 0 saturated carbocycles. The van der Waals surface area contributed by atoms with E-state index in [-0.39, 0.29) is 43.4 Å². The summed E-state index contributed by atoms with van der Waals surface area (Å²) >= 11 is 0. The van der Waals surface area contributed by atoms with Gasteiger partial charge in [-0.3, -0.25) is 14.4 Å². The van der Waals surface area contributed by atoms with Gasteiger partial charge in [-0.1, -0.05) is 0 Å². The van der Waals surface area contributed by atoms with Gasteiger partial charge in [-0.25, -0.2) is 0 Å². The first-order chi connectivity index (χ1) is 15.2. The van der Waals surface area contributed by atoms with Crippen LogP contribution in [-0.2, 0) is 25.2 Å². The lowest BCUT2D eigenvalue weighted by Crippen LogP contribution is -2.27. The topological polar surface area (TPSA) is 116 Å². The second-order valence-corrected chi connectivity index (χ2v) is 6.24. The van der Waals surface area contributed by atoms with Crippen molar-refractivity contribution in [1.29, 1.82) is 0 Å². The van der Waals surface area contributed by atoms with Crippen LogP contribution in [0.15, 0.2) is 41.0 Å². The monoisotopic (exact) mass is 458 g/mol. The molecular formula is C20H21F3N2O7. The van der Waals surface area contributed by atoms with Crippen LogP contribution in [0.2, 0.25) is 0 Å². The summed E-state index contributed by atoms with van der Waals surface area (Å²) in [5.74, 6) is -2.11. The zero-order valence-corrected chi connectivity index (χ0v) is 17.0. The Hall–Kier alpha value is -3.54. The molecule has 0 fully saturated rings. The minimum Gasteiger partial charge on any atom is -0.489 e. The third-order valence-corrected chi connectivity index (χ3v) is 3.85. The molecule has 2 aromatic rings. The largest absolute Gasteiger partial charge is 0.489 e. The van der Waals surface area contributed by atoms with E-state index < -0.39 is 36.1 Å². The van der Waals surface area contributed by atoms with Gasteiger partial charge in [-0.2, -0.15) is 13.2 Å². The van der Waals surface area contributed by atoms with Crippen LogP contribution in [0.1, 0.15) is 22.5 Å². The predicted octanol–water partition coefficient (Wildman–Crippen LogP) is 2.63. The maximum absolute atomic E-state index is 13.0. The van der Waals surface area contributed by atoms with Gasteiger partial charge in [0.2, 0.25) is 0 Å². The lowest BCUT2D eigenvalue weighted by atomic mass is 10.1. The molecule has 9 nitrogen and oxygen atoms in total. The Morgan fingerprint density at radius 1 is 1.12 bits per heavy atom. The van der Waals surface area contributed by atoms with E-state index in [1.807, 2.05) is 0 Å². The molecule has 1 aromatic heterocycles. The number of carbonyl (C=O) groups is 3. The molecule has 174 valence electrons. The van der Waals surface area contributed by atoms with Crippen LogP contribution in [0.3, 0.4) is 0 Å². The molecule has 0 aliphatic rings. The number of hydrogen-bond donors (Lipinski definition) is 2. The van der Waals surface area contributed by atoms with Gasteiger partial charge in [0.15, 0.2) is 12.4 Å². The molecule has 12 heteroatoms. The van der Waals surface area contributed by atoms with Crippen LogP contribution in [0.4, 0.5) is 18.9 Å². The van der Waals surface area contributed by atoms with Crippen molar-refractivity contribution in [2.75, 3.05) is 38.8 Å². The lowest BCUT2D eigenvalue weighted by Gasteiger charge is -2.15. The number of methoxy groups -OCH3 is 1. The normalized spacial score (nSPS) is 11.0. The summed E-state index contributed by atoms with van der Waals surface area (Å²) in [7, 11) is 1.43. The highest BCUT2D eigenvalue weighted by molar-refractivity contribution is 5.94. The summed E-state index contributed by atoms with van der Waals surface area (Å²) < 4.78 is 58.7. The molecule has 2 amide bonds. The second-order valence-electron chi connectivity index (χ2n) is 6.24. The van der Waals surface area contributed by atoms with Gasteiger partial charge in [-0.05, 0) is 30.3 Å². The maximum atomic E-state index is 13.0. The third kappa shape index (κ3) is 7.95. The Morgan fingerprint density at radius 3 is 2.56 bits per heavy atom. The van der Waals surface area contributed by atoms with Crippen LogP contribution >= 0.6 is 0 Å². The first kappa shape index (κ1) is 24.7. The Morgan fingerprint density at radius 2 is 1.91 bits per heavy atom. The Kier molecular flexibility index (Phi) is 9.08. The molecule has 0 aliphatic carbocycles.